The zero-order chi connectivity index (χ0) is 27.5. The fraction of sp³-hybridized carbons (Fsp3) is 0.167. The molecule has 1 aliphatic rings. The van der Waals surface area contributed by atoms with Crippen molar-refractivity contribution in [3.8, 4) is 5.75 Å². The summed E-state index contributed by atoms with van der Waals surface area (Å²) in [5.74, 6) is 0.215. The molecule has 0 aliphatic carbocycles. The third-order valence-corrected chi connectivity index (χ3v) is 8.34. The molecule has 4 aromatic rings. The topological polar surface area (TPSA) is 69.9 Å². The number of halogens is 2. The highest BCUT2D eigenvalue weighted by Crippen LogP contribution is 2.35. The third kappa shape index (κ3) is 5.53. The highest BCUT2D eigenvalue weighted by molar-refractivity contribution is 14.1. The second kappa shape index (κ2) is 12.0. The van der Waals surface area contributed by atoms with Gasteiger partial charge in [-0.05, 0) is 60.2 Å². The maximum atomic E-state index is 14.1. The average Bonchev–Trinajstić information content (AvgIpc) is 3.25. The van der Waals surface area contributed by atoms with Crippen molar-refractivity contribution >= 4 is 67.6 Å². The molecule has 1 aliphatic heterocycles. The minimum Gasteiger partial charge on any atom is -0.492 e. The number of nitrogens with zero attached hydrogens (tertiary/aromatic N) is 2. The molecule has 0 unspecified atom stereocenters. The fourth-order valence-electron chi connectivity index (χ4n) is 4.52. The Bertz CT molecular complexity index is 1750. The normalized spacial score (nSPS) is 15.1. The molecule has 0 N–H and O–H groups in total. The van der Waals surface area contributed by atoms with E-state index in [9.17, 15) is 9.59 Å². The van der Waals surface area contributed by atoms with E-state index in [-0.39, 0.29) is 12.2 Å². The second-order valence-electron chi connectivity index (χ2n) is 8.58. The van der Waals surface area contributed by atoms with Gasteiger partial charge in [0.15, 0.2) is 4.80 Å². The first-order chi connectivity index (χ1) is 18.9. The van der Waals surface area contributed by atoms with E-state index in [1.807, 2.05) is 85.8 Å². The molecule has 1 aromatic heterocycles. The summed E-state index contributed by atoms with van der Waals surface area (Å²) in [7, 11) is 0. The summed E-state index contributed by atoms with van der Waals surface area (Å²) in [6, 6.07) is 22.3. The Morgan fingerprint density at radius 2 is 1.77 bits per heavy atom. The van der Waals surface area contributed by atoms with E-state index in [4.69, 9.17) is 14.5 Å². The van der Waals surface area contributed by atoms with Crippen LogP contribution in [0.5, 0.6) is 5.75 Å². The first-order valence-corrected chi connectivity index (χ1v) is 15.1. The Labute approximate surface area is 251 Å². The van der Waals surface area contributed by atoms with Crippen molar-refractivity contribution in [3.05, 3.63) is 123 Å². The number of thiazole rings is 1. The number of esters is 1. The number of carbonyl (C=O) groups is 1. The molecule has 6 nitrogen and oxygen atoms in total. The number of fused-ring (bicyclic) bond motifs is 1. The number of carbonyl (C=O) groups excluding carboxylic acids is 1. The van der Waals surface area contributed by atoms with Gasteiger partial charge in [-0.1, -0.05) is 87.9 Å². The summed E-state index contributed by atoms with van der Waals surface area (Å²) in [5, 5.41) is 0. The van der Waals surface area contributed by atoms with Gasteiger partial charge in [-0.2, -0.15) is 0 Å². The van der Waals surface area contributed by atoms with Crippen LogP contribution in [0.1, 0.15) is 36.6 Å². The summed E-state index contributed by atoms with van der Waals surface area (Å²) in [5.41, 5.74) is 2.95. The Kier molecular flexibility index (Phi) is 8.49. The number of aromatic nitrogens is 1. The summed E-state index contributed by atoms with van der Waals surface area (Å²) in [6.07, 6.45) is 1.83. The van der Waals surface area contributed by atoms with Gasteiger partial charge in [0.05, 0.1) is 38.6 Å². The molecule has 0 amide bonds. The van der Waals surface area contributed by atoms with Crippen LogP contribution in [0.2, 0.25) is 0 Å². The maximum Gasteiger partial charge on any atom is 0.338 e. The molecule has 0 bridgehead atoms. The lowest BCUT2D eigenvalue weighted by Gasteiger charge is -2.25. The van der Waals surface area contributed by atoms with E-state index in [0.717, 1.165) is 24.7 Å². The van der Waals surface area contributed by atoms with Crippen molar-refractivity contribution in [2.75, 3.05) is 13.2 Å². The Balaban J connectivity index is 1.83. The van der Waals surface area contributed by atoms with Gasteiger partial charge in [0.2, 0.25) is 0 Å². The maximum absolute atomic E-state index is 14.1. The van der Waals surface area contributed by atoms with Gasteiger partial charge >= 0.3 is 5.97 Å². The summed E-state index contributed by atoms with van der Waals surface area (Å²) >= 11 is 7.08. The molecule has 0 saturated heterocycles. The van der Waals surface area contributed by atoms with Crippen LogP contribution in [0.15, 0.2) is 92.6 Å². The average molecular weight is 715 g/mol. The molecule has 39 heavy (non-hydrogen) atoms. The molecule has 9 heteroatoms. The van der Waals surface area contributed by atoms with Crippen molar-refractivity contribution in [2.45, 2.75) is 19.9 Å². The van der Waals surface area contributed by atoms with Crippen LogP contribution in [0, 0.1) is 3.57 Å². The minimum atomic E-state index is -0.701. The number of hydrogen-bond acceptors (Lipinski definition) is 6. The van der Waals surface area contributed by atoms with E-state index in [1.54, 1.807) is 11.5 Å². The predicted molar refractivity (Wildman–Crippen MR) is 166 cm³/mol. The number of benzene rings is 3. The Morgan fingerprint density at radius 3 is 2.44 bits per heavy atom. The van der Waals surface area contributed by atoms with E-state index in [2.05, 4.69) is 38.5 Å². The molecule has 0 fully saturated rings. The Hall–Kier alpha value is -3.02. The van der Waals surface area contributed by atoms with Crippen LogP contribution >= 0.6 is 49.9 Å². The molecular formula is C30H24BrIN2O4S. The molecule has 1 atom stereocenters. The Morgan fingerprint density at radius 1 is 1.08 bits per heavy atom. The molecule has 0 saturated carbocycles. The van der Waals surface area contributed by atoms with Crippen LogP contribution in [-0.2, 0) is 9.53 Å². The SMILES string of the molecule is CCOC(=O)C1=C(c2ccccc2)N=c2s/c(=C\c3cc(Br)cc(I)c3OCC)c(=O)n2[C@@H]1c1ccccc1. The lowest BCUT2D eigenvalue weighted by molar-refractivity contribution is -0.138. The minimum absolute atomic E-state index is 0.206. The van der Waals surface area contributed by atoms with Gasteiger partial charge in [-0.15, -0.1) is 0 Å². The molecular weight excluding hydrogens is 691 g/mol. The van der Waals surface area contributed by atoms with Gasteiger partial charge < -0.3 is 9.47 Å². The van der Waals surface area contributed by atoms with Crippen LogP contribution in [0.25, 0.3) is 11.8 Å². The summed E-state index contributed by atoms with van der Waals surface area (Å²) in [6.45, 7) is 4.40. The lowest BCUT2D eigenvalue weighted by atomic mass is 9.93. The van der Waals surface area contributed by atoms with E-state index in [1.165, 1.54) is 11.3 Å². The van der Waals surface area contributed by atoms with Crippen LogP contribution in [0.4, 0.5) is 0 Å². The van der Waals surface area contributed by atoms with E-state index in [0.29, 0.717) is 33.0 Å². The number of rotatable bonds is 7. The zero-order valence-corrected chi connectivity index (χ0v) is 25.7. The predicted octanol–water partition coefficient (Wildman–Crippen LogP) is 5.70. The van der Waals surface area contributed by atoms with Gasteiger partial charge in [-0.3, -0.25) is 9.36 Å². The van der Waals surface area contributed by atoms with E-state index < -0.39 is 12.0 Å². The van der Waals surface area contributed by atoms with Crippen molar-refractivity contribution < 1.29 is 14.3 Å². The van der Waals surface area contributed by atoms with Crippen LogP contribution in [0.3, 0.4) is 0 Å². The quantitative estimate of drug-likeness (QED) is 0.182. The molecule has 2 heterocycles. The largest absolute Gasteiger partial charge is 0.492 e. The molecule has 3 aromatic carbocycles. The van der Waals surface area contributed by atoms with Crippen molar-refractivity contribution in [2.24, 2.45) is 4.99 Å². The van der Waals surface area contributed by atoms with Crippen LogP contribution in [-0.4, -0.2) is 23.8 Å². The van der Waals surface area contributed by atoms with Gasteiger partial charge in [0, 0.05) is 15.6 Å². The van der Waals surface area contributed by atoms with Crippen LogP contribution < -0.4 is 19.6 Å². The lowest BCUT2D eigenvalue weighted by Crippen LogP contribution is -2.40. The second-order valence-corrected chi connectivity index (χ2v) is 11.7. The number of hydrogen-bond donors (Lipinski definition) is 0. The summed E-state index contributed by atoms with van der Waals surface area (Å²) < 4.78 is 15.3. The molecule has 0 radical (unpaired) electrons. The van der Waals surface area contributed by atoms with Crippen molar-refractivity contribution in [1.29, 1.82) is 0 Å². The van der Waals surface area contributed by atoms with Gasteiger partial charge in [0.25, 0.3) is 5.56 Å². The molecule has 0 spiro atoms. The fourth-order valence-corrected chi connectivity index (χ4v) is 7.21. The van der Waals surface area contributed by atoms with Gasteiger partial charge in [0.1, 0.15) is 5.75 Å². The van der Waals surface area contributed by atoms with Crippen molar-refractivity contribution in [3.63, 3.8) is 0 Å². The summed E-state index contributed by atoms with van der Waals surface area (Å²) in [4.78, 5) is 33.0. The molecule has 5 rings (SSSR count). The monoisotopic (exact) mass is 714 g/mol. The zero-order valence-electron chi connectivity index (χ0n) is 21.2. The first kappa shape index (κ1) is 27.5. The molecule has 198 valence electrons. The van der Waals surface area contributed by atoms with E-state index >= 15 is 0 Å². The number of ether oxygens (including phenoxy) is 2. The standard InChI is InChI=1S/C30H24BrIN2O4S/c1-3-37-27-20(15-21(31)17-22(27)32)16-23-28(35)34-26(19-13-9-6-10-14-19)24(29(36)38-4-2)25(33-30(34)39-23)18-11-7-5-8-12-18/h5-17,26H,3-4H2,1-2H3/b23-16-/t26-/m1/s1. The third-order valence-electron chi connectivity index (χ3n) is 6.10. The first-order valence-electron chi connectivity index (χ1n) is 12.4. The van der Waals surface area contributed by atoms with Crippen molar-refractivity contribution in [1.82, 2.24) is 4.57 Å². The van der Waals surface area contributed by atoms with Gasteiger partial charge in [-0.25, -0.2) is 9.79 Å². The highest BCUT2D eigenvalue weighted by Gasteiger charge is 2.35. The smallest absolute Gasteiger partial charge is 0.338 e. The highest BCUT2D eigenvalue weighted by atomic mass is 127.